The predicted molar refractivity (Wildman–Crippen MR) is 90.8 cm³/mol. The number of nitrogens with zero attached hydrogens (tertiary/aromatic N) is 2. The fourth-order valence-electron chi connectivity index (χ4n) is 3.09. The van der Waals surface area contributed by atoms with Gasteiger partial charge in [0, 0.05) is 19.1 Å². The van der Waals surface area contributed by atoms with E-state index in [0.717, 1.165) is 18.9 Å². The van der Waals surface area contributed by atoms with Crippen LogP contribution in [0.1, 0.15) is 64.6 Å². The van der Waals surface area contributed by atoms with Crippen molar-refractivity contribution in [2.75, 3.05) is 24.5 Å². The first-order chi connectivity index (χ1) is 10.2. The summed E-state index contributed by atoms with van der Waals surface area (Å²) in [5, 5.41) is 3.57. The quantitative estimate of drug-likeness (QED) is 0.852. The van der Waals surface area contributed by atoms with E-state index < -0.39 is 0 Å². The molecule has 118 valence electrons. The molecule has 2 rings (SSSR count). The topological polar surface area (TPSA) is 28.2 Å². The predicted octanol–water partition coefficient (Wildman–Crippen LogP) is 4.16. The molecule has 1 fully saturated rings. The second-order valence-electron chi connectivity index (χ2n) is 6.38. The van der Waals surface area contributed by atoms with Gasteiger partial charge in [0.15, 0.2) is 0 Å². The monoisotopic (exact) mass is 289 g/mol. The van der Waals surface area contributed by atoms with Gasteiger partial charge in [0.05, 0.1) is 17.6 Å². The summed E-state index contributed by atoms with van der Waals surface area (Å²) in [5.74, 6) is 0.866. The van der Waals surface area contributed by atoms with Gasteiger partial charge < -0.3 is 10.2 Å². The lowest BCUT2D eigenvalue weighted by Crippen LogP contribution is -2.25. The van der Waals surface area contributed by atoms with E-state index in [1.54, 1.807) is 0 Å². The Kier molecular flexibility index (Phi) is 6.50. The largest absolute Gasteiger partial charge is 0.370 e. The van der Waals surface area contributed by atoms with Gasteiger partial charge in [-0.1, -0.05) is 20.8 Å². The van der Waals surface area contributed by atoms with Gasteiger partial charge >= 0.3 is 0 Å². The van der Waals surface area contributed by atoms with Crippen LogP contribution in [0, 0.1) is 5.92 Å². The van der Waals surface area contributed by atoms with E-state index in [0.29, 0.717) is 6.04 Å². The van der Waals surface area contributed by atoms with E-state index >= 15 is 0 Å². The average molecular weight is 289 g/mol. The summed E-state index contributed by atoms with van der Waals surface area (Å²) >= 11 is 0. The average Bonchev–Trinajstić information content (AvgIpc) is 2.73. The number of nitrogens with one attached hydrogen (secondary N) is 1. The zero-order valence-corrected chi connectivity index (χ0v) is 13.9. The van der Waals surface area contributed by atoms with E-state index in [4.69, 9.17) is 4.98 Å². The third-order valence-corrected chi connectivity index (χ3v) is 4.56. The lowest BCUT2D eigenvalue weighted by Gasteiger charge is -2.23. The van der Waals surface area contributed by atoms with Crippen molar-refractivity contribution < 1.29 is 0 Å². The maximum absolute atomic E-state index is 4.72. The van der Waals surface area contributed by atoms with Crippen LogP contribution in [0.2, 0.25) is 0 Å². The Morgan fingerprint density at radius 3 is 2.81 bits per heavy atom. The molecule has 1 saturated heterocycles. The number of anilines is 1. The Morgan fingerprint density at radius 1 is 1.29 bits per heavy atom. The molecule has 0 aromatic carbocycles. The molecule has 0 saturated carbocycles. The van der Waals surface area contributed by atoms with Crippen LogP contribution in [0.15, 0.2) is 18.3 Å². The van der Waals surface area contributed by atoms with Crippen LogP contribution >= 0.6 is 0 Å². The Labute approximate surface area is 130 Å². The molecule has 1 aromatic heterocycles. The first-order valence-electron chi connectivity index (χ1n) is 8.68. The highest BCUT2D eigenvalue weighted by molar-refractivity contribution is 5.44. The SMILES string of the molecule is CCCNC(CC)c1ccc(N2CCCC(C)CC2)cn1. The van der Waals surface area contributed by atoms with Crippen molar-refractivity contribution in [1.29, 1.82) is 0 Å². The van der Waals surface area contributed by atoms with Gasteiger partial charge in [0.1, 0.15) is 0 Å². The van der Waals surface area contributed by atoms with Crippen LogP contribution in [0.5, 0.6) is 0 Å². The Bertz CT molecular complexity index is 401. The summed E-state index contributed by atoms with van der Waals surface area (Å²) < 4.78 is 0. The maximum Gasteiger partial charge on any atom is 0.0574 e. The van der Waals surface area contributed by atoms with E-state index in [1.165, 1.54) is 50.2 Å². The number of pyridine rings is 1. The minimum Gasteiger partial charge on any atom is -0.370 e. The Morgan fingerprint density at radius 2 is 2.14 bits per heavy atom. The molecule has 1 N–H and O–H groups in total. The van der Waals surface area contributed by atoms with Gasteiger partial charge in [-0.05, 0) is 56.7 Å². The summed E-state index contributed by atoms with van der Waals surface area (Å²) in [6, 6.07) is 4.86. The Hall–Kier alpha value is -1.09. The van der Waals surface area contributed by atoms with Crippen molar-refractivity contribution in [2.24, 2.45) is 5.92 Å². The molecule has 21 heavy (non-hydrogen) atoms. The summed E-state index contributed by atoms with van der Waals surface area (Å²) in [7, 11) is 0. The second-order valence-corrected chi connectivity index (χ2v) is 6.38. The fourth-order valence-corrected chi connectivity index (χ4v) is 3.09. The molecule has 3 heteroatoms. The molecule has 0 bridgehead atoms. The van der Waals surface area contributed by atoms with Gasteiger partial charge in [-0.25, -0.2) is 0 Å². The third kappa shape index (κ3) is 4.70. The molecule has 2 heterocycles. The van der Waals surface area contributed by atoms with E-state index in [1.807, 2.05) is 0 Å². The minimum atomic E-state index is 0.392. The molecule has 1 aliphatic heterocycles. The van der Waals surface area contributed by atoms with Gasteiger partial charge in [0.2, 0.25) is 0 Å². The lowest BCUT2D eigenvalue weighted by atomic mass is 10.0. The van der Waals surface area contributed by atoms with Gasteiger partial charge in [-0.2, -0.15) is 0 Å². The normalized spacial score (nSPS) is 21.1. The number of aromatic nitrogens is 1. The zero-order chi connectivity index (χ0) is 15.1. The standard InChI is InChI=1S/C18H31N3/c1-4-11-19-17(5-2)18-9-8-16(14-20-18)21-12-6-7-15(3)10-13-21/h8-9,14-15,17,19H,4-7,10-13H2,1-3H3. The van der Waals surface area contributed by atoms with Crippen LogP contribution in [-0.2, 0) is 0 Å². The van der Waals surface area contributed by atoms with Crippen LogP contribution in [0.25, 0.3) is 0 Å². The van der Waals surface area contributed by atoms with Crippen LogP contribution in [0.4, 0.5) is 5.69 Å². The zero-order valence-electron chi connectivity index (χ0n) is 13.9. The van der Waals surface area contributed by atoms with E-state index in [-0.39, 0.29) is 0 Å². The number of hydrogen-bond donors (Lipinski definition) is 1. The summed E-state index contributed by atoms with van der Waals surface area (Å²) in [5.41, 5.74) is 2.47. The lowest BCUT2D eigenvalue weighted by molar-refractivity contribution is 0.507. The van der Waals surface area contributed by atoms with Gasteiger partial charge in [0.25, 0.3) is 0 Å². The molecular formula is C18H31N3. The molecule has 1 aliphatic rings. The third-order valence-electron chi connectivity index (χ3n) is 4.56. The molecule has 3 nitrogen and oxygen atoms in total. The molecule has 0 amide bonds. The Balaban J connectivity index is 2.00. The highest BCUT2D eigenvalue weighted by Gasteiger charge is 2.15. The molecule has 2 unspecified atom stereocenters. The summed E-state index contributed by atoms with van der Waals surface area (Å²) in [6.07, 6.45) is 8.30. The van der Waals surface area contributed by atoms with Crippen molar-refractivity contribution in [3.8, 4) is 0 Å². The smallest absolute Gasteiger partial charge is 0.0574 e. The first kappa shape index (κ1) is 16.3. The molecule has 0 radical (unpaired) electrons. The molecule has 2 atom stereocenters. The molecule has 0 spiro atoms. The van der Waals surface area contributed by atoms with Crippen LogP contribution in [-0.4, -0.2) is 24.6 Å². The van der Waals surface area contributed by atoms with Crippen LogP contribution in [0.3, 0.4) is 0 Å². The second kappa shape index (κ2) is 8.38. The van der Waals surface area contributed by atoms with Crippen molar-refractivity contribution >= 4 is 5.69 Å². The highest BCUT2D eigenvalue weighted by atomic mass is 15.1. The fraction of sp³-hybridized carbons (Fsp3) is 0.722. The van der Waals surface area contributed by atoms with Gasteiger partial charge in [-0.15, -0.1) is 0 Å². The minimum absolute atomic E-state index is 0.392. The van der Waals surface area contributed by atoms with E-state index in [9.17, 15) is 0 Å². The van der Waals surface area contributed by atoms with Gasteiger partial charge in [-0.3, -0.25) is 4.98 Å². The highest BCUT2D eigenvalue weighted by Crippen LogP contribution is 2.23. The maximum atomic E-state index is 4.72. The van der Waals surface area contributed by atoms with Crippen molar-refractivity contribution in [1.82, 2.24) is 10.3 Å². The molecular weight excluding hydrogens is 258 g/mol. The van der Waals surface area contributed by atoms with Crippen molar-refractivity contribution in [3.05, 3.63) is 24.0 Å². The number of rotatable bonds is 6. The summed E-state index contributed by atoms with van der Waals surface area (Å²) in [4.78, 5) is 7.22. The molecule has 0 aliphatic carbocycles. The van der Waals surface area contributed by atoms with Crippen LogP contribution < -0.4 is 10.2 Å². The van der Waals surface area contributed by atoms with E-state index in [2.05, 4.69) is 49.3 Å². The first-order valence-corrected chi connectivity index (χ1v) is 8.68. The summed E-state index contributed by atoms with van der Waals surface area (Å²) in [6.45, 7) is 10.2. The van der Waals surface area contributed by atoms with Crippen molar-refractivity contribution in [2.45, 2.75) is 58.9 Å². The van der Waals surface area contributed by atoms with Crippen molar-refractivity contribution in [3.63, 3.8) is 0 Å². The number of hydrogen-bond acceptors (Lipinski definition) is 3. The molecule has 1 aromatic rings.